The number of aryl methyl sites for hydroxylation is 2. The van der Waals surface area contributed by atoms with E-state index in [-0.39, 0.29) is 24.5 Å². The van der Waals surface area contributed by atoms with Gasteiger partial charge in [0.25, 0.3) is 0 Å². The summed E-state index contributed by atoms with van der Waals surface area (Å²) in [5.41, 5.74) is 3.27. The van der Waals surface area contributed by atoms with E-state index in [0.717, 1.165) is 16.0 Å². The zero-order valence-electron chi connectivity index (χ0n) is 17.2. The average molecular weight is 443 g/mol. The van der Waals surface area contributed by atoms with Gasteiger partial charge in [-0.3, -0.25) is 18.6 Å². The number of hydrogen-bond acceptors (Lipinski definition) is 5. The van der Waals surface area contributed by atoms with Crippen molar-refractivity contribution in [3.63, 3.8) is 0 Å². The lowest BCUT2D eigenvalue weighted by molar-refractivity contribution is -0.123. The van der Waals surface area contributed by atoms with Crippen LogP contribution in [0.5, 0.6) is 0 Å². The molecule has 1 aliphatic rings. The Morgan fingerprint density at radius 2 is 2.13 bits per heavy atom. The van der Waals surface area contributed by atoms with Gasteiger partial charge in [0, 0.05) is 58.6 Å². The van der Waals surface area contributed by atoms with Crippen LogP contribution in [-0.2, 0) is 22.6 Å². The molecule has 158 valence electrons. The first kappa shape index (κ1) is 21.0. The Morgan fingerprint density at radius 3 is 2.80 bits per heavy atom. The van der Waals surface area contributed by atoms with Gasteiger partial charge in [-0.15, -0.1) is 11.3 Å². The second kappa shape index (κ2) is 9.24. The molecule has 6 nitrogen and oxygen atoms in total. The van der Waals surface area contributed by atoms with Crippen molar-refractivity contribution in [3.05, 3.63) is 75.7 Å². The zero-order chi connectivity index (χ0) is 21.1. The minimum Gasteiger partial charge on any atom is -0.343 e. The number of hydrogen-bond donors (Lipinski definition) is 1. The number of thiophene rings is 1. The second-order valence-corrected chi connectivity index (χ2v) is 10.3. The lowest BCUT2D eigenvalue weighted by Crippen LogP contribution is -2.46. The third kappa shape index (κ3) is 4.88. The molecule has 3 heterocycles. The van der Waals surface area contributed by atoms with Crippen LogP contribution in [0.15, 0.2) is 54.2 Å². The number of amides is 1. The number of carbonyl (C=O) groups excluding carboxylic acids is 1. The Hall–Kier alpha value is -2.29. The predicted molar refractivity (Wildman–Crippen MR) is 121 cm³/mol. The highest BCUT2D eigenvalue weighted by Crippen LogP contribution is 2.28. The predicted octanol–water partition coefficient (Wildman–Crippen LogP) is 2.80. The van der Waals surface area contributed by atoms with E-state index in [2.05, 4.69) is 52.6 Å². The van der Waals surface area contributed by atoms with Crippen molar-refractivity contribution in [1.29, 1.82) is 0 Å². The number of nitrogens with one attached hydrogen (secondary N) is 1. The molecule has 1 amide bonds. The normalized spacial score (nSPS) is 20.7. The molecule has 0 unspecified atom stereocenters. The van der Waals surface area contributed by atoms with E-state index in [1.165, 1.54) is 5.56 Å². The lowest BCUT2D eigenvalue weighted by atomic mass is 10.0. The quantitative estimate of drug-likeness (QED) is 0.638. The summed E-state index contributed by atoms with van der Waals surface area (Å²) in [7, 11) is 0.996. The van der Waals surface area contributed by atoms with Crippen molar-refractivity contribution in [2.24, 2.45) is 7.05 Å². The standard InChI is InChI=1S/C22H26N4O2S2/c1-16-5-7-17(8-6-16)22(20-4-3-10-29-20)24-21(27)14-26-9-11-30(28)15-19(26)18-12-23-25(2)13-18/h3-8,10,12-13,19,22H,9,11,14-15H2,1-2H3,(H,24,27)/t19-,22-,30-/m0/s1. The zero-order valence-corrected chi connectivity index (χ0v) is 18.8. The molecule has 0 saturated carbocycles. The van der Waals surface area contributed by atoms with Gasteiger partial charge in [0.1, 0.15) is 0 Å². The van der Waals surface area contributed by atoms with Crippen molar-refractivity contribution >= 4 is 28.0 Å². The SMILES string of the molecule is Cc1ccc([C@H](NC(=O)CN2CC[S@](=O)C[C@H]2c2cnn(C)c2)c2cccs2)cc1. The number of rotatable bonds is 6. The molecule has 30 heavy (non-hydrogen) atoms. The highest BCUT2D eigenvalue weighted by molar-refractivity contribution is 7.85. The minimum absolute atomic E-state index is 0.0319. The topological polar surface area (TPSA) is 67.2 Å². The van der Waals surface area contributed by atoms with Gasteiger partial charge in [-0.2, -0.15) is 5.10 Å². The molecule has 0 radical (unpaired) electrons. The summed E-state index contributed by atoms with van der Waals surface area (Å²) in [5.74, 6) is 1.09. The van der Waals surface area contributed by atoms with E-state index in [0.29, 0.717) is 18.1 Å². The summed E-state index contributed by atoms with van der Waals surface area (Å²) in [5, 5.41) is 9.50. The maximum atomic E-state index is 13.1. The first-order chi connectivity index (χ1) is 14.5. The molecule has 2 aromatic heterocycles. The smallest absolute Gasteiger partial charge is 0.234 e. The molecule has 1 saturated heterocycles. The van der Waals surface area contributed by atoms with Crippen LogP contribution in [0.1, 0.15) is 33.7 Å². The van der Waals surface area contributed by atoms with Gasteiger partial charge in [-0.1, -0.05) is 35.9 Å². The average Bonchev–Trinajstić information content (AvgIpc) is 3.40. The third-order valence-electron chi connectivity index (χ3n) is 5.39. The molecule has 4 rings (SSSR count). The van der Waals surface area contributed by atoms with E-state index in [4.69, 9.17) is 0 Å². The van der Waals surface area contributed by atoms with Crippen LogP contribution >= 0.6 is 11.3 Å². The molecule has 3 aromatic rings. The van der Waals surface area contributed by atoms with E-state index in [1.807, 2.05) is 24.7 Å². The summed E-state index contributed by atoms with van der Waals surface area (Å²) in [6.45, 7) is 2.96. The molecular formula is C22H26N4O2S2. The first-order valence-electron chi connectivity index (χ1n) is 9.96. The molecule has 3 atom stereocenters. The number of nitrogens with zero attached hydrogens (tertiary/aromatic N) is 3. The summed E-state index contributed by atoms with van der Waals surface area (Å²) < 4.78 is 13.9. The minimum atomic E-state index is -0.873. The van der Waals surface area contributed by atoms with Crippen LogP contribution in [0.2, 0.25) is 0 Å². The van der Waals surface area contributed by atoms with Gasteiger partial charge in [0.2, 0.25) is 5.91 Å². The van der Waals surface area contributed by atoms with Crippen molar-refractivity contribution in [1.82, 2.24) is 20.0 Å². The van der Waals surface area contributed by atoms with Crippen molar-refractivity contribution in [2.75, 3.05) is 24.6 Å². The van der Waals surface area contributed by atoms with Crippen molar-refractivity contribution in [2.45, 2.75) is 19.0 Å². The number of benzene rings is 1. The molecule has 1 N–H and O–H groups in total. The number of carbonyl (C=O) groups is 1. The van der Waals surface area contributed by atoms with Gasteiger partial charge >= 0.3 is 0 Å². The van der Waals surface area contributed by atoms with Crippen LogP contribution in [0.4, 0.5) is 0 Å². The molecule has 8 heteroatoms. The highest BCUT2D eigenvalue weighted by atomic mass is 32.2. The van der Waals surface area contributed by atoms with Gasteiger partial charge < -0.3 is 5.32 Å². The van der Waals surface area contributed by atoms with E-state index in [1.54, 1.807) is 22.2 Å². The first-order valence-corrected chi connectivity index (χ1v) is 12.3. The Balaban J connectivity index is 1.51. The molecule has 0 aliphatic carbocycles. The van der Waals surface area contributed by atoms with E-state index >= 15 is 0 Å². The summed E-state index contributed by atoms with van der Waals surface area (Å²) >= 11 is 1.64. The Bertz CT molecular complexity index is 1010. The fraction of sp³-hybridized carbons (Fsp3) is 0.364. The Labute approximate surface area is 183 Å². The molecule has 1 fully saturated rings. The van der Waals surface area contributed by atoms with Crippen LogP contribution in [0.3, 0.4) is 0 Å². The van der Waals surface area contributed by atoms with Gasteiger partial charge in [0.15, 0.2) is 0 Å². The molecule has 0 spiro atoms. The number of aromatic nitrogens is 2. The third-order valence-corrected chi connectivity index (χ3v) is 7.65. The Kier molecular flexibility index (Phi) is 6.46. The summed E-state index contributed by atoms with van der Waals surface area (Å²) in [6.07, 6.45) is 3.75. The highest BCUT2D eigenvalue weighted by Gasteiger charge is 2.30. The van der Waals surface area contributed by atoms with Crippen LogP contribution in [0.25, 0.3) is 0 Å². The maximum absolute atomic E-state index is 13.1. The summed E-state index contributed by atoms with van der Waals surface area (Å²) in [6, 6.07) is 12.1. The van der Waals surface area contributed by atoms with Crippen molar-refractivity contribution < 1.29 is 9.00 Å². The van der Waals surface area contributed by atoms with E-state index in [9.17, 15) is 9.00 Å². The molecular weight excluding hydrogens is 416 g/mol. The maximum Gasteiger partial charge on any atom is 0.234 e. The largest absolute Gasteiger partial charge is 0.343 e. The Morgan fingerprint density at radius 1 is 1.33 bits per heavy atom. The second-order valence-electron chi connectivity index (χ2n) is 7.67. The van der Waals surface area contributed by atoms with Crippen LogP contribution < -0.4 is 5.32 Å². The van der Waals surface area contributed by atoms with Crippen molar-refractivity contribution in [3.8, 4) is 0 Å². The van der Waals surface area contributed by atoms with Crippen LogP contribution in [-0.4, -0.2) is 49.4 Å². The van der Waals surface area contributed by atoms with Gasteiger partial charge in [-0.25, -0.2) is 0 Å². The van der Waals surface area contributed by atoms with Gasteiger partial charge in [0.05, 0.1) is 18.8 Å². The lowest BCUT2D eigenvalue weighted by Gasteiger charge is -2.34. The summed E-state index contributed by atoms with van der Waals surface area (Å²) in [4.78, 5) is 16.3. The fourth-order valence-electron chi connectivity index (χ4n) is 3.77. The molecule has 1 aromatic carbocycles. The van der Waals surface area contributed by atoms with Gasteiger partial charge in [-0.05, 0) is 23.9 Å². The molecule has 0 bridgehead atoms. The van der Waals surface area contributed by atoms with Crippen LogP contribution in [0, 0.1) is 6.92 Å². The molecule has 1 aliphatic heterocycles. The fourth-order valence-corrected chi connectivity index (χ4v) is 5.94. The monoisotopic (exact) mass is 442 g/mol. The van der Waals surface area contributed by atoms with E-state index < -0.39 is 10.8 Å².